The molecule has 1 aromatic heterocycles. The molecule has 2 aromatic carbocycles. The van der Waals surface area contributed by atoms with Gasteiger partial charge in [-0.15, -0.1) is 11.8 Å². The molecule has 6 heteroatoms. The molecule has 0 radical (unpaired) electrons. The van der Waals surface area contributed by atoms with Gasteiger partial charge in [0.2, 0.25) is 5.91 Å². The zero-order valence-electron chi connectivity index (χ0n) is 17.2. The number of nitriles is 1. The number of para-hydroxylation sites is 1. The highest BCUT2D eigenvalue weighted by Crippen LogP contribution is 2.27. The lowest BCUT2D eigenvalue weighted by Gasteiger charge is -2.11. The first-order valence-electron chi connectivity index (χ1n) is 9.56. The van der Waals surface area contributed by atoms with Crippen molar-refractivity contribution in [2.75, 3.05) is 18.2 Å². The minimum absolute atomic E-state index is 0.0512. The maximum atomic E-state index is 12.4. The van der Waals surface area contributed by atoms with E-state index in [0.717, 1.165) is 33.8 Å². The van der Waals surface area contributed by atoms with E-state index in [1.54, 1.807) is 13.2 Å². The standard InChI is InChI=1S/C24H23N3O2S/c1-16-5-4-6-17(2)23(16)27-22(28)13-14-30-24-19(15-25)9-12-21(26-24)18-7-10-20(29-3)11-8-18/h4-12H,13-14H2,1-3H3,(H,27,28). The number of hydrogen-bond acceptors (Lipinski definition) is 5. The number of aryl methyl sites for hydroxylation is 2. The van der Waals surface area contributed by atoms with E-state index in [4.69, 9.17) is 4.74 Å². The summed E-state index contributed by atoms with van der Waals surface area (Å²) in [5.74, 6) is 1.26. The number of pyridine rings is 1. The van der Waals surface area contributed by atoms with Crippen LogP contribution in [-0.2, 0) is 4.79 Å². The fourth-order valence-corrected chi connectivity index (χ4v) is 3.92. The molecule has 0 atom stereocenters. The second-order valence-electron chi connectivity index (χ2n) is 6.80. The summed E-state index contributed by atoms with van der Waals surface area (Å²) in [5.41, 5.74) is 5.17. The number of ether oxygens (including phenoxy) is 1. The Morgan fingerprint density at radius 2 is 1.80 bits per heavy atom. The first kappa shape index (κ1) is 21.4. The van der Waals surface area contributed by atoms with Crippen LogP contribution in [-0.4, -0.2) is 23.8 Å². The van der Waals surface area contributed by atoms with E-state index in [0.29, 0.717) is 22.8 Å². The molecule has 152 valence electrons. The highest BCUT2D eigenvalue weighted by Gasteiger charge is 2.11. The molecule has 1 amide bonds. The topological polar surface area (TPSA) is 75.0 Å². The third-order valence-electron chi connectivity index (χ3n) is 4.68. The summed E-state index contributed by atoms with van der Waals surface area (Å²) in [7, 11) is 1.63. The van der Waals surface area contributed by atoms with Crippen molar-refractivity contribution in [2.24, 2.45) is 0 Å². The smallest absolute Gasteiger partial charge is 0.225 e. The van der Waals surface area contributed by atoms with Crippen LogP contribution in [0.5, 0.6) is 5.75 Å². The Hall–Kier alpha value is -3.30. The van der Waals surface area contributed by atoms with Gasteiger partial charge in [0.05, 0.1) is 18.4 Å². The summed E-state index contributed by atoms with van der Waals surface area (Å²) in [6.07, 6.45) is 0.331. The lowest BCUT2D eigenvalue weighted by molar-refractivity contribution is -0.115. The quantitative estimate of drug-likeness (QED) is 0.523. The zero-order chi connectivity index (χ0) is 21.5. The van der Waals surface area contributed by atoms with Crippen LogP contribution in [0, 0.1) is 25.2 Å². The van der Waals surface area contributed by atoms with Crippen LogP contribution in [0.2, 0.25) is 0 Å². The molecular weight excluding hydrogens is 394 g/mol. The van der Waals surface area contributed by atoms with Gasteiger partial charge in [0, 0.05) is 23.4 Å². The number of amides is 1. The number of rotatable bonds is 7. The molecule has 0 bridgehead atoms. The van der Waals surface area contributed by atoms with Crippen molar-refractivity contribution in [3.63, 3.8) is 0 Å². The monoisotopic (exact) mass is 417 g/mol. The minimum atomic E-state index is -0.0512. The molecule has 0 aliphatic carbocycles. The number of hydrogen-bond donors (Lipinski definition) is 1. The van der Waals surface area contributed by atoms with E-state index >= 15 is 0 Å². The van der Waals surface area contributed by atoms with Gasteiger partial charge >= 0.3 is 0 Å². The molecule has 3 aromatic rings. The average molecular weight is 418 g/mol. The number of nitrogens with one attached hydrogen (secondary N) is 1. The molecule has 0 unspecified atom stereocenters. The number of nitrogens with zero attached hydrogens (tertiary/aromatic N) is 2. The molecule has 1 N–H and O–H groups in total. The van der Waals surface area contributed by atoms with Crippen LogP contribution in [0.4, 0.5) is 5.69 Å². The van der Waals surface area contributed by atoms with E-state index in [1.165, 1.54) is 11.8 Å². The van der Waals surface area contributed by atoms with Gasteiger partial charge in [0.15, 0.2) is 0 Å². The second-order valence-corrected chi connectivity index (χ2v) is 7.89. The SMILES string of the molecule is COc1ccc(-c2ccc(C#N)c(SCCC(=O)Nc3c(C)cccc3C)n2)cc1. The van der Waals surface area contributed by atoms with Crippen LogP contribution in [0.3, 0.4) is 0 Å². The van der Waals surface area contributed by atoms with E-state index < -0.39 is 0 Å². The zero-order valence-corrected chi connectivity index (χ0v) is 18.0. The predicted octanol–water partition coefficient (Wildman–Crippen LogP) is 5.37. The van der Waals surface area contributed by atoms with Gasteiger partial charge in [-0.05, 0) is 61.4 Å². The Balaban J connectivity index is 1.67. The summed E-state index contributed by atoms with van der Waals surface area (Å²) in [6, 6.07) is 19.3. The molecule has 1 heterocycles. The lowest BCUT2D eigenvalue weighted by Crippen LogP contribution is -2.14. The van der Waals surface area contributed by atoms with Gasteiger partial charge in [-0.3, -0.25) is 4.79 Å². The molecular formula is C24H23N3O2S. The van der Waals surface area contributed by atoms with Crippen molar-refractivity contribution in [3.8, 4) is 23.1 Å². The Bertz CT molecular complexity index is 1070. The molecule has 0 saturated heterocycles. The predicted molar refractivity (Wildman–Crippen MR) is 121 cm³/mol. The van der Waals surface area contributed by atoms with Gasteiger partial charge < -0.3 is 10.1 Å². The number of carbonyl (C=O) groups is 1. The van der Waals surface area contributed by atoms with Crippen molar-refractivity contribution in [3.05, 3.63) is 71.3 Å². The number of benzene rings is 2. The van der Waals surface area contributed by atoms with Crippen molar-refractivity contribution >= 4 is 23.4 Å². The Labute approximate surface area is 181 Å². The number of thioether (sulfide) groups is 1. The lowest BCUT2D eigenvalue weighted by atomic mass is 10.1. The largest absolute Gasteiger partial charge is 0.497 e. The van der Waals surface area contributed by atoms with Crippen LogP contribution in [0.15, 0.2) is 59.6 Å². The van der Waals surface area contributed by atoms with Crippen LogP contribution in [0.25, 0.3) is 11.3 Å². The maximum absolute atomic E-state index is 12.4. The van der Waals surface area contributed by atoms with Gasteiger partial charge in [0.1, 0.15) is 16.8 Å². The fraction of sp³-hybridized carbons (Fsp3) is 0.208. The van der Waals surface area contributed by atoms with Crippen LogP contribution < -0.4 is 10.1 Å². The first-order valence-corrected chi connectivity index (χ1v) is 10.5. The van der Waals surface area contributed by atoms with Crippen molar-refractivity contribution in [2.45, 2.75) is 25.3 Å². The number of carbonyl (C=O) groups excluding carboxylic acids is 1. The first-order chi connectivity index (χ1) is 14.5. The third-order valence-corrected chi connectivity index (χ3v) is 5.67. The summed E-state index contributed by atoms with van der Waals surface area (Å²) >= 11 is 1.42. The molecule has 0 fully saturated rings. The van der Waals surface area contributed by atoms with Crippen molar-refractivity contribution in [1.29, 1.82) is 5.26 Å². The molecule has 3 rings (SSSR count). The fourth-order valence-electron chi connectivity index (χ4n) is 3.01. The Kier molecular flexibility index (Phi) is 7.10. The van der Waals surface area contributed by atoms with Gasteiger partial charge in [0.25, 0.3) is 0 Å². The molecule has 0 aliphatic heterocycles. The van der Waals surface area contributed by atoms with Gasteiger partial charge in [-0.1, -0.05) is 18.2 Å². The summed E-state index contributed by atoms with van der Waals surface area (Å²) in [6.45, 7) is 3.95. The van der Waals surface area contributed by atoms with Gasteiger partial charge in [-0.2, -0.15) is 5.26 Å². The number of anilines is 1. The van der Waals surface area contributed by atoms with Gasteiger partial charge in [-0.25, -0.2) is 4.98 Å². The van der Waals surface area contributed by atoms with Crippen molar-refractivity contribution in [1.82, 2.24) is 4.98 Å². The maximum Gasteiger partial charge on any atom is 0.225 e. The Morgan fingerprint density at radius 3 is 2.43 bits per heavy atom. The second kappa shape index (κ2) is 9.95. The van der Waals surface area contributed by atoms with E-state index in [9.17, 15) is 10.1 Å². The summed E-state index contributed by atoms with van der Waals surface area (Å²) in [4.78, 5) is 17.0. The van der Waals surface area contributed by atoms with E-state index in [2.05, 4.69) is 16.4 Å². The van der Waals surface area contributed by atoms with Crippen molar-refractivity contribution < 1.29 is 9.53 Å². The highest BCUT2D eigenvalue weighted by molar-refractivity contribution is 7.99. The van der Waals surface area contributed by atoms with E-state index in [1.807, 2.05) is 62.4 Å². The van der Waals surface area contributed by atoms with Crippen LogP contribution >= 0.6 is 11.8 Å². The molecule has 30 heavy (non-hydrogen) atoms. The summed E-state index contributed by atoms with van der Waals surface area (Å²) < 4.78 is 5.19. The molecule has 0 aliphatic rings. The number of aromatic nitrogens is 1. The normalized spacial score (nSPS) is 10.3. The minimum Gasteiger partial charge on any atom is -0.497 e. The van der Waals surface area contributed by atoms with Crippen LogP contribution in [0.1, 0.15) is 23.1 Å². The number of methoxy groups -OCH3 is 1. The highest BCUT2D eigenvalue weighted by atomic mass is 32.2. The molecule has 0 spiro atoms. The van der Waals surface area contributed by atoms with E-state index in [-0.39, 0.29) is 5.91 Å². The molecule has 5 nitrogen and oxygen atoms in total. The summed E-state index contributed by atoms with van der Waals surface area (Å²) in [5, 5.41) is 13.0. The Morgan fingerprint density at radius 1 is 1.10 bits per heavy atom. The third kappa shape index (κ3) is 5.19. The molecule has 0 saturated carbocycles. The average Bonchev–Trinajstić information content (AvgIpc) is 2.76.